The van der Waals surface area contributed by atoms with Crippen LogP contribution in [-0.2, 0) is 0 Å². The van der Waals surface area contributed by atoms with Crippen molar-refractivity contribution in [3.8, 4) is 11.3 Å². The van der Waals surface area contributed by atoms with Crippen LogP contribution in [0.5, 0.6) is 0 Å². The van der Waals surface area contributed by atoms with Crippen LogP contribution in [0.25, 0.3) is 44.1 Å². The maximum absolute atomic E-state index is 6.18. The molecule has 132 valence electrons. The highest BCUT2D eigenvalue weighted by Gasteiger charge is 2.16. The molecular weight excluding hydrogens is 332 g/mol. The van der Waals surface area contributed by atoms with Crippen molar-refractivity contribution in [1.29, 1.82) is 0 Å². The van der Waals surface area contributed by atoms with Gasteiger partial charge in [0.1, 0.15) is 5.58 Å². The predicted octanol–water partition coefficient (Wildman–Crippen LogP) is 6.63. The van der Waals surface area contributed by atoms with Gasteiger partial charge >= 0.3 is 0 Å². The van der Waals surface area contributed by atoms with Gasteiger partial charge in [0.25, 0.3) is 0 Å². The van der Waals surface area contributed by atoms with E-state index in [4.69, 9.17) is 9.40 Å². The van der Waals surface area contributed by atoms with Crippen molar-refractivity contribution in [2.45, 2.75) is 26.7 Å². The minimum atomic E-state index is 0.499. The van der Waals surface area contributed by atoms with Crippen LogP contribution < -0.4 is 0 Å². The first-order chi connectivity index (χ1) is 13.1. The van der Waals surface area contributed by atoms with E-state index in [1.807, 2.05) is 19.2 Å². The maximum Gasteiger partial charge on any atom is 0.227 e. The maximum atomic E-state index is 6.18. The summed E-state index contributed by atoms with van der Waals surface area (Å²) in [5, 5.41) is 4.46. The first-order valence-electron chi connectivity index (χ1n) is 9.30. The fraction of sp³-hybridized carbons (Fsp3) is 0.167. The van der Waals surface area contributed by atoms with Crippen LogP contribution in [0.3, 0.4) is 0 Å². The van der Waals surface area contributed by atoms with Crippen molar-refractivity contribution in [1.82, 2.24) is 9.97 Å². The molecule has 0 unspecified atom stereocenters. The van der Waals surface area contributed by atoms with E-state index in [1.54, 1.807) is 0 Å². The molecule has 0 N–H and O–H groups in total. The second-order valence-electron chi connectivity index (χ2n) is 7.38. The molecule has 0 radical (unpaired) electrons. The Hall–Kier alpha value is -3.20. The van der Waals surface area contributed by atoms with E-state index in [9.17, 15) is 0 Å². The number of hydrogen-bond acceptors (Lipinski definition) is 3. The average molecular weight is 352 g/mol. The minimum Gasteiger partial charge on any atom is -0.437 e. The van der Waals surface area contributed by atoms with Gasteiger partial charge in [-0.15, -0.1) is 0 Å². The molecule has 0 fully saturated rings. The standard InChI is InChI=1S/C24H20N2O/c1-14(2)16-8-10-18-17(13-16)11-12-25-22(18)21-6-4-5-19-20-9-7-15(3)26-24(20)27-23(19)21/h4-14H,1-3H3. The molecule has 0 atom stereocenters. The van der Waals surface area contributed by atoms with Gasteiger partial charge in [-0.05, 0) is 48.1 Å². The summed E-state index contributed by atoms with van der Waals surface area (Å²) >= 11 is 0. The lowest BCUT2D eigenvalue weighted by atomic mass is 9.97. The third kappa shape index (κ3) is 2.50. The van der Waals surface area contributed by atoms with E-state index < -0.39 is 0 Å². The van der Waals surface area contributed by atoms with Crippen LogP contribution in [0.4, 0.5) is 0 Å². The number of nitrogens with zero attached hydrogens (tertiary/aromatic N) is 2. The zero-order valence-electron chi connectivity index (χ0n) is 15.7. The summed E-state index contributed by atoms with van der Waals surface area (Å²) in [6.45, 7) is 6.41. The van der Waals surface area contributed by atoms with Gasteiger partial charge in [0.2, 0.25) is 5.71 Å². The third-order valence-corrected chi connectivity index (χ3v) is 5.21. The monoisotopic (exact) mass is 352 g/mol. The Labute approximate surface area is 157 Å². The average Bonchev–Trinajstić information content (AvgIpc) is 3.04. The second-order valence-corrected chi connectivity index (χ2v) is 7.38. The zero-order valence-corrected chi connectivity index (χ0v) is 15.7. The van der Waals surface area contributed by atoms with Crippen molar-refractivity contribution >= 4 is 32.8 Å². The fourth-order valence-corrected chi connectivity index (χ4v) is 3.73. The molecule has 3 nitrogen and oxygen atoms in total. The van der Waals surface area contributed by atoms with Crippen LogP contribution in [0.2, 0.25) is 0 Å². The normalized spacial score (nSPS) is 11.9. The lowest BCUT2D eigenvalue weighted by Gasteiger charge is -2.10. The number of para-hydroxylation sites is 1. The topological polar surface area (TPSA) is 38.9 Å². The molecule has 0 aliphatic heterocycles. The van der Waals surface area contributed by atoms with Gasteiger partial charge in [-0.1, -0.05) is 44.2 Å². The van der Waals surface area contributed by atoms with Crippen molar-refractivity contribution < 1.29 is 4.42 Å². The Kier molecular flexibility index (Phi) is 3.51. The van der Waals surface area contributed by atoms with Crippen molar-refractivity contribution in [2.75, 3.05) is 0 Å². The number of benzene rings is 2. The van der Waals surface area contributed by atoms with Gasteiger partial charge in [-0.25, -0.2) is 4.98 Å². The molecule has 0 saturated heterocycles. The molecule has 0 aliphatic rings. The smallest absolute Gasteiger partial charge is 0.227 e. The van der Waals surface area contributed by atoms with E-state index in [2.05, 4.69) is 67.4 Å². The summed E-state index contributed by atoms with van der Waals surface area (Å²) in [7, 11) is 0. The second kappa shape index (κ2) is 5.92. The molecule has 27 heavy (non-hydrogen) atoms. The van der Waals surface area contributed by atoms with E-state index in [1.165, 1.54) is 10.9 Å². The van der Waals surface area contributed by atoms with Crippen LogP contribution in [0.1, 0.15) is 31.0 Å². The first kappa shape index (κ1) is 16.0. The Morgan fingerprint density at radius 3 is 2.59 bits per heavy atom. The summed E-state index contributed by atoms with van der Waals surface area (Å²) in [6.07, 6.45) is 1.88. The summed E-state index contributed by atoms with van der Waals surface area (Å²) in [5.41, 5.74) is 5.77. The third-order valence-electron chi connectivity index (χ3n) is 5.21. The summed E-state index contributed by atoms with van der Waals surface area (Å²) in [6, 6.07) is 19.0. The number of pyridine rings is 2. The number of fused-ring (bicyclic) bond motifs is 4. The Morgan fingerprint density at radius 2 is 1.74 bits per heavy atom. The summed E-state index contributed by atoms with van der Waals surface area (Å²) in [4.78, 5) is 9.26. The van der Waals surface area contributed by atoms with Gasteiger partial charge in [-0.2, -0.15) is 0 Å². The molecule has 2 aromatic carbocycles. The van der Waals surface area contributed by atoms with Crippen LogP contribution >= 0.6 is 0 Å². The molecular formula is C24H20N2O. The van der Waals surface area contributed by atoms with E-state index in [-0.39, 0.29) is 0 Å². The molecule has 3 aromatic heterocycles. The Bertz CT molecular complexity index is 1310. The number of aryl methyl sites for hydroxylation is 1. The van der Waals surface area contributed by atoms with Gasteiger partial charge in [0, 0.05) is 33.6 Å². The number of aromatic nitrogens is 2. The van der Waals surface area contributed by atoms with Crippen LogP contribution in [-0.4, -0.2) is 9.97 Å². The van der Waals surface area contributed by atoms with Gasteiger partial charge < -0.3 is 4.42 Å². The number of hydrogen-bond donors (Lipinski definition) is 0. The lowest BCUT2D eigenvalue weighted by molar-refractivity contribution is 0.653. The quantitative estimate of drug-likeness (QED) is 0.358. The van der Waals surface area contributed by atoms with E-state index >= 15 is 0 Å². The molecule has 3 heterocycles. The Balaban J connectivity index is 1.82. The molecule has 3 heteroatoms. The summed E-state index contributed by atoms with van der Waals surface area (Å²) < 4.78 is 6.18. The highest BCUT2D eigenvalue weighted by atomic mass is 16.3. The zero-order chi connectivity index (χ0) is 18.5. The molecule has 0 bridgehead atoms. The molecule has 5 aromatic rings. The van der Waals surface area contributed by atoms with Crippen molar-refractivity contribution in [3.05, 3.63) is 72.1 Å². The molecule has 0 aliphatic carbocycles. The molecule has 5 rings (SSSR count). The highest BCUT2D eigenvalue weighted by molar-refractivity contribution is 6.10. The van der Waals surface area contributed by atoms with Gasteiger partial charge in [0.15, 0.2) is 0 Å². The number of rotatable bonds is 2. The Morgan fingerprint density at radius 1 is 0.889 bits per heavy atom. The van der Waals surface area contributed by atoms with Crippen LogP contribution in [0, 0.1) is 6.92 Å². The largest absolute Gasteiger partial charge is 0.437 e. The molecule has 0 spiro atoms. The first-order valence-corrected chi connectivity index (χ1v) is 9.30. The van der Waals surface area contributed by atoms with Crippen molar-refractivity contribution in [3.63, 3.8) is 0 Å². The lowest BCUT2D eigenvalue weighted by Crippen LogP contribution is -1.90. The SMILES string of the molecule is Cc1ccc2c(n1)oc1c(-c3nccc4cc(C(C)C)ccc34)cccc12. The minimum absolute atomic E-state index is 0.499. The fourth-order valence-electron chi connectivity index (χ4n) is 3.73. The number of furan rings is 1. The van der Waals surface area contributed by atoms with Gasteiger partial charge in [0.05, 0.1) is 5.69 Å². The van der Waals surface area contributed by atoms with Crippen molar-refractivity contribution in [2.24, 2.45) is 0 Å². The van der Waals surface area contributed by atoms with Crippen LogP contribution in [0.15, 0.2) is 65.2 Å². The molecule has 0 amide bonds. The van der Waals surface area contributed by atoms with E-state index in [0.717, 1.165) is 38.7 Å². The summed E-state index contributed by atoms with van der Waals surface area (Å²) in [5.74, 6) is 0.499. The highest BCUT2D eigenvalue weighted by Crippen LogP contribution is 2.37. The predicted molar refractivity (Wildman–Crippen MR) is 111 cm³/mol. The van der Waals surface area contributed by atoms with Gasteiger partial charge in [-0.3, -0.25) is 4.98 Å². The molecule has 0 saturated carbocycles. The van der Waals surface area contributed by atoms with E-state index in [0.29, 0.717) is 11.6 Å².